The fourth-order valence-electron chi connectivity index (χ4n) is 2.03. The molecule has 0 aromatic rings. The summed E-state index contributed by atoms with van der Waals surface area (Å²) < 4.78 is 28.6. The zero-order valence-electron chi connectivity index (χ0n) is 11.5. The highest BCUT2D eigenvalue weighted by atomic mass is 32.2. The molecule has 0 aliphatic carbocycles. The van der Waals surface area contributed by atoms with Crippen molar-refractivity contribution < 1.29 is 23.1 Å². The maximum Gasteiger partial charge on any atom is 0.338 e. The molecule has 1 atom stereocenters. The molecular weight excluding hydrogens is 272 g/mol. The summed E-state index contributed by atoms with van der Waals surface area (Å²) in [6.07, 6.45) is 2.51. The quantitative estimate of drug-likeness (QED) is 0.627. The van der Waals surface area contributed by atoms with Crippen LogP contribution in [0.4, 0.5) is 0 Å². The summed E-state index contributed by atoms with van der Waals surface area (Å²) in [5.41, 5.74) is -1.57. The second-order valence-corrected chi connectivity index (χ2v) is 7.07. The Morgan fingerprint density at radius 2 is 2.00 bits per heavy atom. The Hall–Kier alpha value is -0.700. The van der Waals surface area contributed by atoms with Gasteiger partial charge in [-0.1, -0.05) is 0 Å². The van der Waals surface area contributed by atoms with Crippen LogP contribution in [-0.4, -0.2) is 68.4 Å². The van der Waals surface area contributed by atoms with Crippen LogP contribution in [-0.2, 0) is 19.6 Å². The number of sulfonamides is 1. The summed E-state index contributed by atoms with van der Waals surface area (Å²) in [4.78, 5) is 11.3. The molecule has 8 heteroatoms. The number of aliphatic hydroxyl groups is 1. The Morgan fingerprint density at radius 1 is 1.47 bits per heavy atom. The van der Waals surface area contributed by atoms with Crippen LogP contribution in [0, 0.1) is 0 Å². The lowest BCUT2D eigenvalue weighted by Crippen LogP contribution is -2.51. The van der Waals surface area contributed by atoms with E-state index in [1.807, 2.05) is 0 Å². The summed E-state index contributed by atoms with van der Waals surface area (Å²) in [6.45, 7) is 2.38. The smallest absolute Gasteiger partial charge is 0.338 e. The molecule has 0 radical (unpaired) electrons. The van der Waals surface area contributed by atoms with Crippen molar-refractivity contribution in [1.82, 2.24) is 9.62 Å². The molecule has 7 nitrogen and oxygen atoms in total. The van der Waals surface area contributed by atoms with Crippen LogP contribution in [0.5, 0.6) is 0 Å². The topological polar surface area (TPSA) is 95.9 Å². The number of rotatable bonds is 5. The molecule has 0 bridgehead atoms. The molecule has 1 rings (SSSR count). The van der Waals surface area contributed by atoms with E-state index in [0.29, 0.717) is 25.9 Å². The molecule has 19 heavy (non-hydrogen) atoms. The molecule has 1 aliphatic heterocycles. The number of hydrogen-bond acceptors (Lipinski definition) is 6. The Labute approximate surface area is 114 Å². The SMILES string of the molecule is COC(=O)C(C)(O)CNC1CCN(S(C)(=O)=O)CC1. The minimum absolute atomic E-state index is 0.0865. The van der Waals surface area contributed by atoms with Crippen LogP contribution in [0.2, 0.25) is 0 Å². The lowest BCUT2D eigenvalue weighted by Gasteiger charge is -2.32. The van der Waals surface area contributed by atoms with Gasteiger partial charge in [-0.3, -0.25) is 0 Å². The predicted molar refractivity (Wildman–Crippen MR) is 70.1 cm³/mol. The van der Waals surface area contributed by atoms with Gasteiger partial charge in [0.15, 0.2) is 5.60 Å². The van der Waals surface area contributed by atoms with Gasteiger partial charge in [-0.15, -0.1) is 0 Å². The third-order valence-corrected chi connectivity index (χ3v) is 4.59. The number of esters is 1. The first-order chi connectivity index (χ1) is 8.66. The number of ether oxygens (including phenoxy) is 1. The molecule has 0 amide bonds. The van der Waals surface area contributed by atoms with Crippen molar-refractivity contribution in [2.45, 2.75) is 31.4 Å². The maximum absolute atomic E-state index is 11.3. The van der Waals surface area contributed by atoms with Gasteiger partial charge < -0.3 is 15.2 Å². The summed E-state index contributed by atoms with van der Waals surface area (Å²) in [5.74, 6) is -0.687. The van der Waals surface area contributed by atoms with Crippen molar-refractivity contribution in [3.63, 3.8) is 0 Å². The van der Waals surface area contributed by atoms with E-state index in [2.05, 4.69) is 10.1 Å². The number of nitrogens with one attached hydrogen (secondary N) is 1. The van der Waals surface area contributed by atoms with E-state index in [9.17, 15) is 18.3 Å². The normalized spacial score (nSPS) is 21.9. The van der Waals surface area contributed by atoms with Crippen LogP contribution < -0.4 is 5.32 Å². The van der Waals surface area contributed by atoms with Gasteiger partial charge in [-0.25, -0.2) is 17.5 Å². The average Bonchev–Trinajstić information content (AvgIpc) is 2.35. The third kappa shape index (κ3) is 4.72. The predicted octanol–water partition coefficient (Wildman–Crippen LogP) is -1.08. The summed E-state index contributed by atoms with van der Waals surface area (Å²) >= 11 is 0. The maximum atomic E-state index is 11.3. The van der Waals surface area contributed by atoms with Gasteiger partial charge in [0, 0.05) is 25.7 Å². The second kappa shape index (κ2) is 6.17. The van der Waals surface area contributed by atoms with Crippen molar-refractivity contribution in [2.75, 3.05) is 33.0 Å². The summed E-state index contributed by atoms with van der Waals surface area (Å²) in [6, 6.07) is 0.0918. The summed E-state index contributed by atoms with van der Waals surface area (Å²) in [5, 5.41) is 12.9. The van der Waals surface area contributed by atoms with Crippen molar-refractivity contribution >= 4 is 16.0 Å². The van der Waals surface area contributed by atoms with E-state index in [1.54, 1.807) is 0 Å². The highest BCUT2D eigenvalue weighted by molar-refractivity contribution is 7.88. The van der Waals surface area contributed by atoms with Crippen molar-refractivity contribution in [3.8, 4) is 0 Å². The molecule has 1 saturated heterocycles. The molecule has 1 unspecified atom stereocenters. The average molecular weight is 294 g/mol. The first-order valence-corrected chi connectivity index (χ1v) is 8.01. The van der Waals surface area contributed by atoms with E-state index in [-0.39, 0.29) is 12.6 Å². The second-order valence-electron chi connectivity index (χ2n) is 5.08. The van der Waals surface area contributed by atoms with Gasteiger partial charge in [0.05, 0.1) is 13.4 Å². The monoisotopic (exact) mass is 294 g/mol. The first-order valence-electron chi connectivity index (χ1n) is 6.16. The lowest BCUT2D eigenvalue weighted by molar-refractivity contribution is -0.160. The van der Waals surface area contributed by atoms with E-state index >= 15 is 0 Å². The molecule has 0 saturated carbocycles. The number of carbonyl (C=O) groups excluding carboxylic acids is 1. The molecular formula is C11H22N2O5S. The Balaban J connectivity index is 2.40. The zero-order chi connectivity index (χ0) is 14.7. The van der Waals surface area contributed by atoms with Gasteiger partial charge in [0.25, 0.3) is 0 Å². The molecule has 0 spiro atoms. The molecule has 2 N–H and O–H groups in total. The molecule has 112 valence electrons. The van der Waals surface area contributed by atoms with Crippen LogP contribution in [0.1, 0.15) is 19.8 Å². The van der Waals surface area contributed by atoms with Gasteiger partial charge in [-0.2, -0.15) is 0 Å². The number of methoxy groups -OCH3 is 1. The highest BCUT2D eigenvalue weighted by Gasteiger charge is 2.33. The van der Waals surface area contributed by atoms with E-state index < -0.39 is 21.6 Å². The van der Waals surface area contributed by atoms with Crippen molar-refractivity contribution in [3.05, 3.63) is 0 Å². The van der Waals surface area contributed by atoms with Crippen molar-refractivity contribution in [1.29, 1.82) is 0 Å². The zero-order valence-corrected chi connectivity index (χ0v) is 12.4. The van der Waals surface area contributed by atoms with Gasteiger partial charge in [0.1, 0.15) is 0 Å². The van der Waals surface area contributed by atoms with Crippen LogP contribution >= 0.6 is 0 Å². The van der Waals surface area contributed by atoms with Gasteiger partial charge in [-0.05, 0) is 19.8 Å². The number of nitrogens with zero attached hydrogens (tertiary/aromatic N) is 1. The van der Waals surface area contributed by atoms with E-state index in [1.165, 1.54) is 24.6 Å². The van der Waals surface area contributed by atoms with Gasteiger partial charge in [0.2, 0.25) is 10.0 Å². The van der Waals surface area contributed by atoms with Crippen LogP contribution in [0.15, 0.2) is 0 Å². The Kier molecular flexibility index (Phi) is 5.31. The minimum Gasteiger partial charge on any atom is -0.467 e. The number of piperidine rings is 1. The largest absolute Gasteiger partial charge is 0.467 e. The fraction of sp³-hybridized carbons (Fsp3) is 0.909. The molecule has 0 aromatic carbocycles. The standard InChI is InChI=1S/C11H22N2O5S/c1-11(15,10(14)18-2)8-12-9-4-6-13(7-5-9)19(3,16)17/h9,12,15H,4-8H2,1-3H3. The van der Waals surface area contributed by atoms with E-state index in [4.69, 9.17) is 0 Å². The fourth-order valence-corrected chi connectivity index (χ4v) is 2.90. The molecule has 0 aromatic heterocycles. The van der Waals surface area contributed by atoms with Gasteiger partial charge >= 0.3 is 5.97 Å². The van der Waals surface area contributed by atoms with E-state index in [0.717, 1.165) is 0 Å². The molecule has 1 heterocycles. The highest BCUT2D eigenvalue weighted by Crippen LogP contribution is 2.14. The Bertz CT molecular complexity index is 413. The summed E-state index contributed by atoms with van der Waals surface area (Å²) in [7, 11) is -1.90. The lowest BCUT2D eigenvalue weighted by atomic mass is 10.0. The van der Waals surface area contributed by atoms with Crippen LogP contribution in [0.3, 0.4) is 0 Å². The third-order valence-electron chi connectivity index (χ3n) is 3.28. The van der Waals surface area contributed by atoms with Crippen molar-refractivity contribution in [2.24, 2.45) is 0 Å². The number of carbonyl (C=O) groups is 1. The van der Waals surface area contributed by atoms with Crippen LogP contribution in [0.25, 0.3) is 0 Å². The first kappa shape index (κ1) is 16.4. The minimum atomic E-state index is -3.13. The molecule has 1 fully saturated rings. The molecule has 1 aliphatic rings. The Morgan fingerprint density at radius 3 is 2.42 bits per heavy atom. The number of hydrogen-bond donors (Lipinski definition) is 2.